The van der Waals surface area contributed by atoms with Gasteiger partial charge in [-0.3, -0.25) is 14.4 Å². The fourth-order valence-electron chi connectivity index (χ4n) is 3.81. The van der Waals surface area contributed by atoms with E-state index in [1.165, 1.54) is 24.3 Å². The van der Waals surface area contributed by atoms with Crippen molar-refractivity contribution < 1.29 is 22.3 Å². The number of rotatable bonds is 5. The predicted octanol–water partition coefficient (Wildman–Crippen LogP) is 3.57. The summed E-state index contributed by atoms with van der Waals surface area (Å²) in [5.41, 5.74) is 3.40. The number of aryl methyl sites for hydroxylation is 1. The van der Waals surface area contributed by atoms with E-state index < -0.39 is 16.0 Å². The zero-order valence-corrected chi connectivity index (χ0v) is 19.1. The maximum atomic E-state index is 13.1. The van der Waals surface area contributed by atoms with Crippen molar-refractivity contribution in [3.05, 3.63) is 71.6 Å². The van der Waals surface area contributed by atoms with E-state index in [0.29, 0.717) is 24.5 Å². The van der Waals surface area contributed by atoms with E-state index in [9.17, 15) is 12.8 Å². The molecule has 11 heteroatoms. The lowest BCUT2D eigenvalue weighted by molar-refractivity contribution is 0.173. The third kappa shape index (κ3) is 4.60. The fraction of sp³-hybridized carbons (Fsp3) is 0.217. The van der Waals surface area contributed by atoms with E-state index in [0.717, 1.165) is 28.9 Å². The Hall–Kier alpha value is -3.86. The number of ether oxygens (including phenoxy) is 2. The number of aliphatic imine (C=N–C) groups is 1. The van der Waals surface area contributed by atoms with Crippen LogP contribution < -0.4 is 18.9 Å². The highest BCUT2D eigenvalue weighted by molar-refractivity contribution is 7.91. The molecule has 2 aliphatic rings. The van der Waals surface area contributed by atoms with Crippen LogP contribution in [0.5, 0.6) is 11.5 Å². The molecule has 0 saturated carbocycles. The van der Waals surface area contributed by atoms with E-state index in [1.807, 2.05) is 35.9 Å². The lowest BCUT2D eigenvalue weighted by Crippen LogP contribution is -2.37. The van der Waals surface area contributed by atoms with Gasteiger partial charge in [0.25, 0.3) is 0 Å². The molecular formula is C23H22FN5O4S. The van der Waals surface area contributed by atoms with Gasteiger partial charge < -0.3 is 14.0 Å². The number of halogens is 1. The van der Waals surface area contributed by atoms with Crippen LogP contribution in [0.1, 0.15) is 24.1 Å². The summed E-state index contributed by atoms with van der Waals surface area (Å²) in [6.07, 6.45) is 6.88. The van der Waals surface area contributed by atoms with Gasteiger partial charge in [-0.25, -0.2) is 9.37 Å². The predicted molar refractivity (Wildman–Crippen MR) is 126 cm³/mol. The van der Waals surface area contributed by atoms with Gasteiger partial charge in [0, 0.05) is 18.3 Å². The topological polar surface area (TPSA) is 107 Å². The summed E-state index contributed by atoms with van der Waals surface area (Å²) in [4.78, 5) is 8.65. The molecule has 0 radical (unpaired) electrons. The molecular weight excluding hydrogens is 461 g/mol. The molecule has 3 heterocycles. The zero-order valence-electron chi connectivity index (χ0n) is 18.3. The van der Waals surface area contributed by atoms with Crippen LogP contribution in [-0.4, -0.2) is 37.1 Å². The highest BCUT2D eigenvalue weighted by atomic mass is 32.2. The summed E-state index contributed by atoms with van der Waals surface area (Å²) >= 11 is 0. The molecule has 0 unspecified atom stereocenters. The second-order valence-electron chi connectivity index (χ2n) is 7.88. The van der Waals surface area contributed by atoms with Gasteiger partial charge in [0.15, 0.2) is 11.5 Å². The molecule has 2 aliphatic heterocycles. The number of fused-ring (bicyclic) bond motifs is 1. The second-order valence-corrected chi connectivity index (χ2v) is 9.29. The van der Waals surface area contributed by atoms with E-state index in [4.69, 9.17) is 9.47 Å². The fourth-order valence-corrected chi connectivity index (χ4v) is 4.75. The van der Waals surface area contributed by atoms with Crippen LogP contribution in [0.3, 0.4) is 0 Å². The summed E-state index contributed by atoms with van der Waals surface area (Å²) in [6, 6.07) is 8.84. The highest BCUT2D eigenvalue weighted by Crippen LogP contribution is 2.42. The Kier molecular flexibility index (Phi) is 5.70. The summed E-state index contributed by atoms with van der Waals surface area (Å²) < 4.78 is 56.7. The van der Waals surface area contributed by atoms with Crippen LogP contribution in [0.25, 0.3) is 11.8 Å². The van der Waals surface area contributed by atoms with Crippen LogP contribution in [-0.2, 0) is 10.2 Å². The Morgan fingerprint density at radius 3 is 2.65 bits per heavy atom. The van der Waals surface area contributed by atoms with Gasteiger partial charge in [-0.2, -0.15) is 8.42 Å². The highest BCUT2D eigenvalue weighted by Gasteiger charge is 2.24. The SMILES string of the molecule is Cc1cn(-c2ccc(C=C3CCCN=C3NS(=O)(=O)Nc3ccc(F)cc3)c3c2OCO3)cn1. The van der Waals surface area contributed by atoms with Crippen molar-refractivity contribution in [2.45, 2.75) is 19.8 Å². The minimum atomic E-state index is -3.98. The third-order valence-electron chi connectivity index (χ3n) is 5.35. The Balaban J connectivity index is 1.42. The van der Waals surface area contributed by atoms with Crippen molar-refractivity contribution >= 4 is 27.8 Å². The van der Waals surface area contributed by atoms with Crippen molar-refractivity contribution in [1.29, 1.82) is 0 Å². The van der Waals surface area contributed by atoms with Crippen molar-refractivity contribution in [1.82, 2.24) is 14.3 Å². The smallest absolute Gasteiger partial charge is 0.322 e. The molecule has 0 saturated heterocycles. The van der Waals surface area contributed by atoms with Crippen LogP contribution in [0.2, 0.25) is 0 Å². The first-order valence-corrected chi connectivity index (χ1v) is 12.1. The summed E-state index contributed by atoms with van der Waals surface area (Å²) in [7, 11) is -3.98. The number of amidine groups is 1. The average Bonchev–Trinajstić information content (AvgIpc) is 3.46. The zero-order chi connectivity index (χ0) is 23.7. The molecule has 34 heavy (non-hydrogen) atoms. The number of hydrogen-bond acceptors (Lipinski definition) is 6. The van der Waals surface area contributed by atoms with Crippen molar-refractivity contribution in [3.8, 4) is 17.2 Å². The Bertz CT molecular complexity index is 1400. The second kappa shape index (κ2) is 8.82. The lowest BCUT2D eigenvalue weighted by Gasteiger charge is -2.19. The van der Waals surface area contributed by atoms with Gasteiger partial charge >= 0.3 is 10.2 Å². The van der Waals surface area contributed by atoms with Crippen LogP contribution in [0.15, 0.2) is 59.5 Å². The van der Waals surface area contributed by atoms with Gasteiger partial charge in [-0.15, -0.1) is 0 Å². The molecule has 0 atom stereocenters. The normalized spacial score (nSPS) is 16.4. The largest absolute Gasteiger partial charge is 0.453 e. The Labute approximate surface area is 196 Å². The number of benzene rings is 2. The molecule has 176 valence electrons. The van der Waals surface area contributed by atoms with E-state index >= 15 is 0 Å². The number of nitrogens with one attached hydrogen (secondary N) is 2. The number of hydrogen-bond donors (Lipinski definition) is 2. The van der Waals surface area contributed by atoms with Gasteiger partial charge in [0.2, 0.25) is 6.79 Å². The molecule has 0 spiro atoms. The molecule has 5 rings (SSSR count). The monoisotopic (exact) mass is 483 g/mol. The van der Waals surface area contributed by atoms with Crippen LogP contribution in [0, 0.1) is 12.7 Å². The summed E-state index contributed by atoms with van der Waals surface area (Å²) in [5.74, 6) is 0.974. The maximum absolute atomic E-state index is 13.1. The first-order chi connectivity index (χ1) is 16.4. The number of imidazole rings is 1. The van der Waals surface area contributed by atoms with E-state index in [-0.39, 0.29) is 18.3 Å². The molecule has 0 fully saturated rings. The van der Waals surface area contributed by atoms with Gasteiger partial charge in [-0.05, 0) is 67.8 Å². The average molecular weight is 484 g/mol. The van der Waals surface area contributed by atoms with E-state index in [1.54, 1.807) is 6.33 Å². The molecule has 9 nitrogen and oxygen atoms in total. The van der Waals surface area contributed by atoms with Gasteiger partial charge in [0.1, 0.15) is 11.7 Å². The molecule has 2 aromatic carbocycles. The number of aromatic nitrogens is 2. The van der Waals surface area contributed by atoms with Gasteiger partial charge in [0.05, 0.1) is 23.4 Å². The molecule has 1 aromatic heterocycles. The quantitative estimate of drug-likeness (QED) is 0.577. The molecule has 0 bridgehead atoms. The molecule has 3 aromatic rings. The molecule has 2 N–H and O–H groups in total. The first kappa shape index (κ1) is 22.0. The van der Waals surface area contributed by atoms with Crippen molar-refractivity contribution in [2.24, 2.45) is 4.99 Å². The van der Waals surface area contributed by atoms with Gasteiger partial charge in [-0.1, -0.05) is 0 Å². The van der Waals surface area contributed by atoms with Crippen molar-refractivity contribution in [2.75, 3.05) is 18.1 Å². The number of nitrogens with zero attached hydrogens (tertiary/aromatic N) is 3. The van der Waals surface area contributed by atoms with Crippen molar-refractivity contribution in [3.63, 3.8) is 0 Å². The summed E-state index contributed by atoms with van der Waals surface area (Å²) in [6.45, 7) is 2.50. The molecule has 0 amide bonds. The van der Waals surface area contributed by atoms with Crippen LogP contribution in [0.4, 0.5) is 10.1 Å². The van der Waals surface area contributed by atoms with E-state index in [2.05, 4.69) is 19.4 Å². The minimum absolute atomic E-state index is 0.0887. The summed E-state index contributed by atoms with van der Waals surface area (Å²) in [5, 5.41) is 0. The first-order valence-electron chi connectivity index (χ1n) is 10.6. The maximum Gasteiger partial charge on any atom is 0.322 e. The Morgan fingerprint density at radius 1 is 1.09 bits per heavy atom. The third-order valence-corrected chi connectivity index (χ3v) is 6.32. The molecule has 0 aliphatic carbocycles. The Morgan fingerprint density at radius 2 is 1.88 bits per heavy atom. The van der Waals surface area contributed by atoms with Crippen LogP contribution >= 0.6 is 0 Å². The minimum Gasteiger partial charge on any atom is -0.453 e. The number of anilines is 1. The lowest BCUT2D eigenvalue weighted by atomic mass is 10.0. The standard InChI is InChI=1S/C23H22FN5O4S/c1-15-12-29(13-26-15)20-9-4-16(21-22(20)33-14-32-21)11-17-3-2-10-25-23(17)28-34(30,31)27-19-7-5-18(24)6-8-19/h4-9,11-13,27H,2-3,10,14H2,1H3,(H,25,28).